The Kier molecular flexibility index (Phi) is 3.92. The first-order chi connectivity index (χ1) is 9.15. The number of carbonyl (C=O) groups is 1. The molecule has 1 heterocycles. The Balaban J connectivity index is 2.21. The van der Waals surface area contributed by atoms with E-state index >= 15 is 0 Å². The van der Waals surface area contributed by atoms with E-state index in [1.165, 1.54) is 0 Å². The van der Waals surface area contributed by atoms with Crippen molar-refractivity contribution < 1.29 is 4.79 Å². The molecule has 6 heteroatoms. The third-order valence-corrected chi connectivity index (χ3v) is 2.51. The maximum atomic E-state index is 11.1. The standard InChI is InChI=1S/C13H15N5O/c14-11-4-1-3-10(7-11)8-18(9-12(15)19)13-16-5-2-6-17-13/h1-7H,8-9,14H2,(H2,15,19). The highest BCUT2D eigenvalue weighted by Gasteiger charge is 2.12. The van der Waals surface area contributed by atoms with Gasteiger partial charge in [0, 0.05) is 24.6 Å². The van der Waals surface area contributed by atoms with Crippen LogP contribution in [0.1, 0.15) is 5.56 Å². The fraction of sp³-hybridized carbons (Fsp3) is 0.154. The number of carbonyl (C=O) groups excluding carboxylic acids is 1. The quantitative estimate of drug-likeness (QED) is 0.762. The van der Waals surface area contributed by atoms with Crippen molar-refractivity contribution in [2.24, 2.45) is 5.73 Å². The summed E-state index contributed by atoms with van der Waals surface area (Å²) in [4.78, 5) is 21.1. The molecule has 0 bridgehead atoms. The second-order valence-corrected chi connectivity index (χ2v) is 4.12. The van der Waals surface area contributed by atoms with E-state index in [-0.39, 0.29) is 6.54 Å². The van der Waals surface area contributed by atoms with Gasteiger partial charge in [0.05, 0.1) is 6.54 Å². The minimum atomic E-state index is -0.434. The third kappa shape index (κ3) is 3.67. The lowest BCUT2D eigenvalue weighted by Gasteiger charge is -2.20. The molecule has 19 heavy (non-hydrogen) atoms. The zero-order chi connectivity index (χ0) is 13.7. The molecule has 2 rings (SSSR count). The van der Waals surface area contributed by atoms with Crippen molar-refractivity contribution in [2.45, 2.75) is 6.54 Å². The summed E-state index contributed by atoms with van der Waals surface area (Å²) in [6, 6.07) is 9.15. The first-order valence-corrected chi connectivity index (χ1v) is 5.80. The van der Waals surface area contributed by atoms with Crippen LogP contribution in [0.5, 0.6) is 0 Å². The van der Waals surface area contributed by atoms with Crippen LogP contribution >= 0.6 is 0 Å². The van der Waals surface area contributed by atoms with E-state index in [2.05, 4.69) is 9.97 Å². The molecule has 0 saturated carbocycles. The van der Waals surface area contributed by atoms with Crippen LogP contribution in [0.4, 0.5) is 11.6 Å². The average molecular weight is 257 g/mol. The minimum absolute atomic E-state index is 0.0544. The van der Waals surface area contributed by atoms with Crippen molar-refractivity contribution in [3.63, 3.8) is 0 Å². The number of hydrogen-bond donors (Lipinski definition) is 2. The van der Waals surface area contributed by atoms with Gasteiger partial charge in [-0.2, -0.15) is 0 Å². The summed E-state index contributed by atoms with van der Waals surface area (Å²) in [5.41, 5.74) is 12.6. The number of anilines is 2. The molecule has 6 nitrogen and oxygen atoms in total. The Labute approximate surface area is 111 Å². The van der Waals surface area contributed by atoms with Crippen molar-refractivity contribution in [2.75, 3.05) is 17.2 Å². The fourth-order valence-corrected chi connectivity index (χ4v) is 1.75. The lowest BCUT2D eigenvalue weighted by atomic mass is 10.2. The van der Waals surface area contributed by atoms with Gasteiger partial charge in [0.15, 0.2) is 0 Å². The molecule has 1 aromatic carbocycles. The highest BCUT2D eigenvalue weighted by Crippen LogP contribution is 2.13. The number of amides is 1. The van der Waals surface area contributed by atoms with Crippen LogP contribution < -0.4 is 16.4 Å². The zero-order valence-electron chi connectivity index (χ0n) is 10.4. The first kappa shape index (κ1) is 12.8. The predicted molar refractivity (Wildman–Crippen MR) is 73.1 cm³/mol. The molecule has 1 amide bonds. The van der Waals surface area contributed by atoms with Crippen molar-refractivity contribution >= 4 is 17.5 Å². The van der Waals surface area contributed by atoms with Crippen molar-refractivity contribution in [3.05, 3.63) is 48.3 Å². The molecule has 0 aliphatic heterocycles. The molecule has 0 unspecified atom stereocenters. The van der Waals surface area contributed by atoms with Crippen LogP contribution in [0.15, 0.2) is 42.7 Å². The second kappa shape index (κ2) is 5.81. The number of benzene rings is 1. The maximum Gasteiger partial charge on any atom is 0.237 e. The van der Waals surface area contributed by atoms with Gasteiger partial charge in [-0.05, 0) is 23.8 Å². The zero-order valence-corrected chi connectivity index (χ0v) is 10.4. The second-order valence-electron chi connectivity index (χ2n) is 4.12. The summed E-state index contributed by atoms with van der Waals surface area (Å²) in [6.45, 7) is 0.525. The predicted octanol–water partition coefficient (Wildman–Crippen LogP) is 0.551. The van der Waals surface area contributed by atoms with Gasteiger partial charge in [-0.25, -0.2) is 9.97 Å². The summed E-state index contributed by atoms with van der Waals surface area (Å²) in [6.07, 6.45) is 3.24. The van der Waals surface area contributed by atoms with Crippen LogP contribution in [0.25, 0.3) is 0 Å². The summed E-state index contributed by atoms with van der Waals surface area (Å²) in [7, 11) is 0. The first-order valence-electron chi connectivity index (χ1n) is 5.80. The van der Waals surface area contributed by atoms with E-state index in [0.717, 1.165) is 5.56 Å². The van der Waals surface area contributed by atoms with Gasteiger partial charge in [0.1, 0.15) is 0 Å². The fourth-order valence-electron chi connectivity index (χ4n) is 1.75. The molecule has 0 radical (unpaired) electrons. The third-order valence-electron chi connectivity index (χ3n) is 2.51. The summed E-state index contributed by atoms with van der Waals surface area (Å²) in [5.74, 6) is 0.0279. The molecule has 98 valence electrons. The highest BCUT2D eigenvalue weighted by atomic mass is 16.1. The SMILES string of the molecule is NC(=O)CN(Cc1cccc(N)c1)c1ncccn1. The molecule has 1 aromatic heterocycles. The molecular weight excluding hydrogens is 242 g/mol. The van der Waals surface area contributed by atoms with Gasteiger partial charge in [-0.3, -0.25) is 4.79 Å². The monoisotopic (exact) mass is 257 g/mol. The number of hydrogen-bond acceptors (Lipinski definition) is 5. The summed E-state index contributed by atoms with van der Waals surface area (Å²) >= 11 is 0. The molecule has 4 N–H and O–H groups in total. The Morgan fingerprint density at radius 1 is 1.21 bits per heavy atom. The molecule has 0 aliphatic rings. The summed E-state index contributed by atoms with van der Waals surface area (Å²) < 4.78 is 0. The summed E-state index contributed by atoms with van der Waals surface area (Å²) in [5, 5.41) is 0. The largest absolute Gasteiger partial charge is 0.399 e. The normalized spacial score (nSPS) is 10.1. The average Bonchev–Trinajstić information content (AvgIpc) is 2.38. The minimum Gasteiger partial charge on any atom is -0.399 e. The van der Waals surface area contributed by atoms with E-state index in [1.807, 2.05) is 18.2 Å². The lowest BCUT2D eigenvalue weighted by molar-refractivity contribution is -0.116. The molecule has 0 atom stereocenters. The number of nitrogens with two attached hydrogens (primary N) is 2. The van der Waals surface area contributed by atoms with Crippen LogP contribution in [0.3, 0.4) is 0 Å². The Morgan fingerprint density at radius 3 is 2.58 bits per heavy atom. The van der Waals surface area contributed by atoms with Crippen LogP contribution in [-0.2, 0) is 11.3 Å². The number of aromatic nitrogens is 2. The molecular formula is C13H15N5O. The topological polar surface area (TPSA) is 98.1 Å². The Bertz CT molecular complexity index is 558. The lowest BCUT2D eigenvalue weighted by Crippen LogP contribution is -2.34. The molecule has 0 saturated heterocycles. The Morgan fingerprint density at radius 2 is 1.95 bits per heavy atom. The molecule has 0 fully saturated rings. The number of nitrogens with zero attached hydrogens (tertiary/aromatic N) is 3. The van der Waals surface area contributed by atoms with E-state index in [0.29, 0.717) is 18.2 Å². The Hall–Kier alpha value is -2.63. The van der Waals surface area contributed by atoms with Gasteiger partial charge in [0.2, 0.25) is 11.9 Å². The van der Waals surface area contributed by atoms with Gasteiger partial charge < -0.3 is 16.4 Å². The number of primary amides is 1. The van der Waals surface area contributed by atoms with Gasteiger partial charge >= 0.3 is 0 Å². The smallest absolute Gasteiger partial charge is 0.237 e. The molecule has 0 spiro atoms. The van der Waals surface area contributed by atoms with Crippen molar-refractivity contribution in [1.29, 1.82) is 0 Å². The highest BCUT2D eigenvalue weighted by molar-refractivity contribution is 5.78. The van der Waals surface area contributed by atoms with Gasteiger partial charge in [0.25, 0.3) is 0 Å². The van der Waals surface area contributed by atoms with Gasteiger partial charge in [-0.1, -0.05) is 12.1 Å². The maximum absolute atomic E-state index is 11.1. The number of rotatable bonds is 5. The van der Waals surface area contributed by atoms with E-state index in [4.69, 9.17) is 11.5 Å². The van der Waals surface area contributed by atoms with Crippen molar-refractivity contribution in [1.82, 2.24) is 9.97 Å². The van der Waals surface area contributed by atoms with E-state index < -0.39 is 5.91 Å². The number of nitrogen functional groups attached to an aromatic ring is 1. The van der Waals surface area contributed by atoms with Crippen LogP contribution in [0, 0.1) is 0 Å². The van der Waals surface area contributed by atoms with Crippen LogP contribution in [-0.4, -0.2) is 22.4 Å². The van der Waals surface area contributed by atoms with E-state index in [1.54, 1.807) is 29.4 Å². The van der Waals surface area contributed by atoms with Gasteiger partial charge in [-0.15, -0.1) is 0 Å². The molecule has 0 aliphatic carbocycles. The van der Waals surface area contributed by atoms with E-state index in [9.17, 15) is 4.79 Å². The molecule has 2 aromatic rings. The van der Waals surface area contributed by atoms with Crippen LogP contribution in [0.2, 0.25) is 0 Å². The van der Waals surface area contributed by atoms with Crippen molar-refractivity contribution in [3.8, 4) is 0 Å².